The smallest absolute Gasteiger partial charge is 0.434 e. The highest BCUT2D eigenvalue weighted by Gasteiger charge is 2.35. The van der Waals surface area contributed by atoms with Crippen LogP contribution in [-0.4, -0.2) is 49.0 Å². The number of ether oxygens (including phenoxy) is 1. The first-order valence-electron chi connectivity index (χ1n) is 12.7. The summed E-state index contributed by atoms with van der Waals surface area (Å²) in [4.78, 5) is 34.8. The van der Waals surface area contributed by atoms with Crippen molar-refractivity contribution in [2.45, 2.75) is 37.9 Å². The zero-order chi connectivity index (χ0) is 28.0. The van der Waals surface area contributed by atoms with Crippen LogP contribution in [-0.2, 0) is 26.2 Å². The van der Waals surface area contributed by atoms with E-state index in [1.165, 1.54) is 25.1 Å². The third-order valence-corrected chi connectivity index (χ3v) is 6.92. The van der Waals surface area contributed by atoms with Crippen molar-refractivity contribution < 1.29 is 22.7 Å². The van der Waals surface area contributed by atoms with Crippen LogP contribution >= 0.6 is 0 Å². The predicted octanol–water partition coefficient (Wildman–Crippen LogP) is 4.14. The quantitative estimate of drug-likeness (QED) is 0.353. The summed E-state index contributed by atoms with van der Waals surface area (Å²) in [7, 11) is 3.06. The predicted molar refractivity (Wildman–Crippen MR) is 139 cm³/mol. The van der Waals surface area contributed by atoms with Crippen LogP contribution in [0.25, 0.3) is 22.8 Å². The Balaban J connectivity index is 1.31. The standard InChI is InChI=1S/C27H25F3N8O2/c1-38-12-18(27(28,29)30)36-24(38)16-5-3-14(4-6-16)11-32-22-19-17(9-10-31-25(19)39)35-23(37-22)20-21(15-7-8-15)33-13-34-26(20)40-2/h3-6,12-13,15H,7-11H2,1-2H3,(H,31,39)(H,32,35,37). The number of amides is 1. The molecule has 0 unspecified atom stereocenters. The molecule has 2 N–H and O–H groups in total. The normalized spacial score (nSPS) is 15.0. The van der Waals surface area contributed by atoms with E-state index in [-0.39, 0.29) is 17.6 Å². The molecule has 0 bridgehead atoms. The summed E-state index contributed by atoms with van der Waals surface area (Å²) >= 11 is 0. The fourth-order valence-corrected chi connectivity index (χ4v) is 4.79. The van der Waals surface area contributed by atoms with Crippen molar-refractivity contribution in [1.29, 1.82) is 0 Å². The summed E-state index contributed by atoms with van der Waals surface area (Å²) in [5, 5.41) is 6.11. The summed E-state index contributed by atoms with van der Waals surface area (Å²) in [6.45, 7) is 0.771. The van der Waals surface area contributed by atoms with Gasteiger partial charge in [-0.2, -0.15) is 13.2 Å². The number of hydrogen-bond acceptors (Lipinski definition) is 8. The number of aryl methyl sites for hydroxylation is 1. The van der Waals surface area contributed by atoms with Crippen LogP contribution in [0.5, 0.6) is 5.88 Å². The maximum Gasteiger partial charge on any atom is 0.434 e. The lowest BCUT2D eigenvalue weighted by atomic mass is 10.0. The monoisotopic (exact) mass is 550 g/mol. The molecule has 40 heavy (non-hydrogen) atoms. The van der Waals surface area contributed by atoms with Crippen molar-refractivity contribution in [3.05, 3.63) is 65.0 Å². The average molecular weight is 551 g/mol. The first kappa shape index (κ1) is 25.7. The molecule has 10 nitrogen and oxygen atoms in total. The molecule has 1 saturated carbocycles. The van der Waals surface area contributed by atoms with E-state index in [2.05, 4.69) is 25.6 Å². The maximum atomic E-state index is 13.1. The minimum absolute atomic E-state index is 0.212. The lowest BCUT2D eigenvalue weighted by molar-refractivity contribution is -0.140. The van der Waals surface area contributed by atoms with Gasteiger partial charge in [-0.15, -0.1) is 0 Å². The number of anilines is 1. The van der Waals surface area contributed by atoms with Gasteiger partial charge in [-0.05, 0) is 18.4 Å². The van der Waals surface area contributed by atoms with E-state index in [1.807, 2.05) is 0 Å². The van der Waals surface area contributed by atoms with Gasteiger partial charge in [0.1, 0.15) is 29.1 Å². The Morgan fingerprint density at radius 3 is 2.55 bits per heavy atom. The van der Waals surface area contributed by atoms with Gasteiger partial charge in [0, 0.05) is 44.2 Å². The Morgan fingerprint density at radius 2 is 1.88 bits per heavy atom. The Labute approximate surface area is 227 Å². The lowest BCUT2D eigenvalue weighted by Gasteiger charge is -2.21. The summed E-state index contributed by atoms with van der Waals surface area (Å²) in [6, 6.07) is 7.00. The van der Waals surface area contributed by atoms with Gasteiger partial charge in [0.15, 0.2) is 11.5 Å². The fraction of sp³-hybridized carbons (Fsp3) is 0.333. The van der Waals surface area contributed by atoms with Gasteiger partial charge in [-0.3, -0.25) is 4.79 Å². The van der Waals surface area contributed by atoms with Crippen LogP contribution in [0.4, 0.5) is 19.0 Å². The second-order valence-electron chi connectivity index (χ2n) is 9.75. The number of nitrogens with one attached hydrogen (secondary N) is 2. The largest absolute Gasteiger partial charge is 0.480 e. The molecule has 13 heteroatoms. The second kappa shape index (κ2) is 9.88. The molecule has 4 aromatic rings. The minimum Gasteiger partial charge on any atom is -0.480 e. The van der Waals surface area contributed by atoms with Gasteiger partial charge >= 0.3 is 6.18 Å². The number of halogens is 3. The molecule has 1 aliphatic carbocycles. The first-order valence-corrected chi connectivity index (χ1v) is 12.7. The lowest BCUT2D eigenvalue weighted by Crippen LogP contribution is -2.34. The van der Waals surface area contributed by atoms with Gasteiger partial charge < -0.3 is 19.9 Å². The number of imidazole rings is 1. The molecule has 2 aliphatic rings. The summed E-state index contributed by atoms with van der Waals surface area (Å²) in [5.74, 6) is 1.37. The molecular weight excluding hydrogens is 525 g/mol. The van der Waals surface area contributed by atoms with Crippen molar-refractivity contribution >= 4 is 11.7 Å². The van der Waals surface area contributed by atoms with Crippen molar-refractivity contribution in [1.82, 2.24) is 34.8 Å². The third-order valence-electron chi connectivity index (χ3n) is 6.92. The summed E-state index contributed by atoms with van der Waals surface area (Å²) < 4.78 is 46.1. The average Bonchev–Trinajstić information content (AvgIpc) is 3.71. The van der Waals surface area contributed by atoms with Crippen LogP contribution in [0.2, 0.25) is 0 Å². The molecule has 1 amide bonds. The number of methoxy groups -OCH3 is 1. The van der Waals surface area contributed by atoms with Crippen molar-refractivity contribution in [2.75, 3.05) is 19.0 Å². The summed E-state index contributed by atoms with van der Waals surface area (Å²) in [5.41, 5.74) is 2.89. The van der Waals surface area contributed by atoms with E-state index in [1.54, 1.807) is 24.3 Å². The molecule has 0 atom stereocenters. The number of carbonyl (C=O) groups is 1. The van der Waals surface area contributed by atoms with Gasteiger partial charge in [-0.25, -0.2) is 24.9 Å². The Morgan fingerprint density at radius 1 is 1.10 bits per heavy atom. The van der Waals surface area contributed by atoms with E-state index in [0.717, 1.165) is 30.3 Å². The molecule has 0 saturated heterocycles. The molecule has 1 aromatic carbocycles. The fourth-order valence-electron chi connectivity index (χ4n) is 4.79. The molecule has 3 aromatic heterocycles. The zero-order valence-electron chi connectivity index (χ0n) is 21.7. The SMILES string of the molecule is COc1ncnc(C2CC2)c1-c1nc2c(c(NCc3ccc(-c4nc(C(F)(F)F)cn4C)cc3)n1)C(=O)NCC2. The molecule has 4 heterocycles. The van der Waals surface area contributed by atoms with E-state index in [0.29, 0.717) is 59.4 Å². The number of alkyl halides is 3. The van der Waals surface area contributed by atoms with Gasteiger partial charge in [0.25, 0.3) is 5.91 Å². The number of nitrogens with zero attached hydrogens (tertiary/aromatic N) is 6. The van der Waals surface area contributed by atoms with Crippen LogP contribution in [0.1, 0.15) is 51.8 Å². The van der Waals surface area contributed by atoms with E-state index < -0.39 is 11.9 Å². The van der Waals surface area contributed by atoms with Gasteiger partial charge in [-0.1, -0.05) is 24.3 Å². The second-order valence-corrected chi connectivity index (χ2v) is 9.75. The highest BCUT2D eigenvalue weighted by molar-refractivity contribution is 6.01. The molecule has 6 rings (SSSR count). The highest BCUT2D eigenvalue weighted by atomic mass is 19.4. The number of benzene rings is 1. The molecular formula is C27H25F3N8O2. The third kappa shape index (κ3) is 4.82. The summed E-state index contributed by atoms with van der Waals surface area (Å²) in [6.07, 6.45) is 0.483. The van der Waals surface area contributed by atoms with Crippen LogP contribution < -0.4 is 15.4 Å². The van der Waals surface area contributed by atoms with Crippen molar-refractivity contribution in [3.8, 4) is 28.7 Å². The van der Waals surface area contributed by atoms with E-state index >= 15 is 0 Å². The number of carbonyl (C=O) groups excluding carboxylic acids is 1. The van der Waals surface area contributed by atoms with E-state index in [9.17, 15) is 18.0 Å². The van der Waals surface area contributed by atoms with E-state index in [4.69, 9.17) is 14.7 Å². The number of hydrogen-bond donors (Lipinski definition) is 2. The number of aromatic nitrogens is 6. The molecule has 206 valence electrons. The molecule has 1 fully saturated rings. The molecule has 0 radical (unpaired) electrons. The first-order chi connectivity index (χ1) is 19.2. The molecule has 0 spiro atoms. The Kier molecular flexibility index (Phi) is 6.35. The van der Waals surface area contributed by atoms with Crippen LogP contribution in [0, 0.1) is 0 Å². The molecule has 1 aliphatic heterocycles. The Bertz CT molecular complexity index is 1600. The Hall–Kier alpha value is -4.55. The number of fused-ring (bicyclic) bond motifs is 1. The maximum absolute atomic E-state index is 13.1. The van der Waals surface area contributed by atoms with Gasteiger partial charge in [0.05, 0.1) is 18.5 Å². The van der Waals surface area contributed by atoms with Crippen molar-refractivity contribution in [3.63, 3.8) is 0 Å². The van der Waals surface area contributed by atoms with Crippen LogP contribution in [0.15, 0.2) is 36.8 Å². The van der Waals surface area contributed by atoms with Gasteiger partial charge in [0.2, 0.25) is 5.88 Å². The van der Waals surface area contributed by atoms with Crippen LogP contribution in [0.3, 0.4) is 0 Å². The minimum atomic E-state index is -4.52. The number of rotatable bonds is 7. The zero-order valence-corrected chi connectivity index (χ0v) is 21.7. The topological polar surface area (TPSA) is 120 Å². The van der Waals surface area contributed by atoms with Crippen molar-refractivity contribution in [2.24, 2.45) is 7.05 Å². The highest BCUT2D eigenvalue weighted by Crippen LogP contribution is 2.45.